The number of methoxy groups -OCH3 is 1. The summed E-state index contributed by atoms with van der Waals surface area (Å²) in [6, 6.07) is 13.6. The smallest absolute Gasteiger partial charge is 0.255 e. The lowest BCUT2D eigenvalue weighted by atomic mass is 10.1. The largest absolute Gasteiger partial charge is 0.383 e. The van der Waals surface area contributed by atoms with Crippen LogP contribution in [0.15, 0.2) is 53.4 Å². The maximum absolute atomic E-state index is 12.5. The molecule has 2 rings (SSSR count). The summed E-state index contributed by atoms with van der Waals surface area (Å²) in [5.41, 5.74) is 2.11. The molecule has 152 valence electrons. The molecule has 2 N–H and O–H groups in total. The highest BCUT2D eigenvalue weighted by Crippen LogP contribution is 2.15. The number of carbonyl (C=O) groups is 1. The first-order valence-electron chi connectivity index (χ1n) is 8.95. The molecule has 2 aromatic carbocycles. The van der Waals surface area contributed by atoms with Crippen LogP contribution < -0.4 is 10.0 Å². The van der Waals surface area contributed by atoms with Crippen LogP contribution in [0.4, 0.5) is 5.69 Å². The molecule has 0 atom stereocenters. The fraction of sp³-hybridized carbons (Fsp3) is 0.350. The lowest BCUT2D eigenvalue weighted by molar-refractivity contribution is 0.102. The first kappa shape index (κ1) is 22.0. The highest BCUT2D eigenvalue weighted by molar-refractivity contribution is 7.89. The molecule has 0 bridgehead atoms. The van der Waals surface area contributed by atoms with Gasteiger partial charge in [-0.25, -0.2) is 13.1 Å². The minimum absolute atomic E-state index is 0.0373. The van der Waals surface area contributed by atoms with E-state index in [-0.39, 0.29) is 29.5 Å². The molecule has 0 unspecified atom stereocenters. The summed E-state index contributed by atoms with van der Waals surface area (Å²) in [5.74, 6) is -0.366. The fourth-order valence-corrected chi connectivity index (χ4v) is 3.54. The van der Waals surface area contributed by atoms with Gasteiger partial charge in [-0.2, -0.15) is 0 Å². The normalized spacial score (nSPS) is 11.6. The minimum atomic E-state index is -3.69. The molecular weight excluding hydrogens is 378 g/mol. The second-order valence-electron chi connectivity index (χ2n) is 6.62. The monoisotopic (exact) mass is 405 g/mol. The van der Waals surface area contributed by atoms with Crippen LogP contribution in [-0.2, 0) is 21.2 Å². The Balaban J connectivity index is 2.04. The molecule has 0 aliphatic heterocycles. The molecule has 0 saturated carbocycles. The molecule has 0 heterocycles. The van der Waals surface area contributed by atoms with Crippen molar-refractivity contribution in [3.05, 3.63) is 59.7 Å². The lowest BCUT2D eigenvalue weighted by Crippen LogP contribution is -2.27. The third-order valence-corrected chi connectivity index (χ3v) is 5.52. The fourth-order valence-electron chi connectivity index (χ4n) is 2.48. The van der Waals surface area contributed by atoms with E-state index in [2.05, 4.69) is 14.9 Å². The highest BCUT2D eigenvalue weighted by atomic mass is 32.2. The van der Waals surface area contributed by atoms with Gasteiger partial charge in [-0.05, 0) is 56.4 Å². The van der Waals surface area contributed by atoms with Crippen molar-refractivity contribution in [3.63, 3.8) is 0 Å². The molecule has 0 radical (unpaired) electrons. The Morgan fingerprint density at radius 3 is 2.46 bits per heavy atom. The number of benzene rings is 2. The topological polar surface area (TPSA) is 87.7 Å². The van der Waals surface area contributed by atoms with Gasteiger partial charge < -0.3 is 15.0 Å². The van der Waals surface area contributed by atoms with Crippen LogP contribution in [0, 0.1) is 0 Å². The van der Waals surface area contributed by atoms with Gasteiger partial charge in [-0.3, -0.25) is 4.79 Å². The summed E-state index contributed by atoms with van der Waals surface area (Å²) in [4.78, 5) is 14.6. The van der Waals surface area contributed by atoms with Crippen LogP contribution in [0.1, 0.15) is 15.9 Å². The summed E-state index contributed by atoms with van der Waals surface area (Å²) < 4.78 is 31.8. The van der Waals surface area contributed by atoms with E-state index in [4.69, 9.17) is 4.74 Å². The molecule has 0 fully saturated rings. The third-order valence-electron chi connectivity index (χ3n) is 4.06. The van der Waals surface area contributed by atoms with E-state index < -0.39 is 10.0 Å². The Bertz CT molecular complexity index is 881. The molecule has 0 spiro atoms. The summed E-state index contributed by atoms with van der Waals surface area (Å²) in [7, 11) is 1.85. The number of nitrogens with one attached hydrogen (secondary N) is 2. The van der Waals surface area contributed by atoms with E-state index in [1.165, 1.54) is 24.8 Å². The lowest BCUT2D eigenvalue weighted by Gasteiger charge is -2.11. The molecular formula is C20H27N3O4S. The standard InChI is InChI=1S/C20H27N3O4S/c1-23(2)13-11-16-7-9-18(10-8-16)22-20(24)17-5-4-6-19(15-17)28(25,26)21-12-14-27-3/h4-10,15,21H,11-14H2,1-3H3,(H,22,24). The van der Waals surface area contributed by atoms with Gasteiger partial charge in [0.15, 0.2) is 0 Å². The zero-order valence-corrected chi connectivity index (χ0v) is 17.3. The van der Waals surface area contributed by atoms with E-state index in [0.29, 0.717) is 5.69 Å². The number of carbonyl (C=O) groups excluding carboxylic acids is 1. The van der Waals surface area contributed by atoms with Gasteiger partial charge in [0.25, 0.3) is 5.91 Å². The van der Waals surface area contributed by atoms with Crippen molar-refractivity contribution in [2.24, 2.45) is 0 Å². The number of hydrogen-bond acceptors (Lipinski definition) is 5. The average Bonchev–Trinajstić information content (AvgIpc) is 2.67. The predicted molar refractivity (Wildman–Crippen MR) is 110 cm³/mol. The molecule has 1 amide bonds. The SMILES string of the molecule is COCCNS(=O)(=O)c1cccc(C(=O)Nc2ccc(CCN(C)C)cc2)c1. The average molecular weight is 406 g/mol. The van der Waals surface area contributed by atoms with Crippen molar-refractivity contribution in [2.75, 3.05) is 46.2 Å². The zero-order valence-electron chi connectivity index (χ0n) is 16.4. The van der Waals surface area contributed by atoms with E-state index in [9.17, 15) is 13.2 Å². The van der Waals surface area contributed by atoms with Gasteiger partial charge in [0.2, 0.25) is 10.0 Å². The molecule has 7 nitrogen and oxygen atoms in total. The summed E-state index contributed by atoms with van der Waals surface area (Å²) in [6.07, 6.45) is 0.928. The second-order valence-corrected chi connectivity index (χ2v) is 8.39. The van der Waals surface area contributed by atoms with E-state index >= 15 is 0 Å². The van der Waals surface area contributed by atoms with Crippen LogP contribution in [0.5, 0.6) is 0 Å². The first-order chi connectivity index (χ1) is 13.3. The summed E-state index contributed by atoms with van der Waals surface area (Å²) in [6.45, 7) is 1.38. The Hall–Kier alpha value is -2.26. The Morgan fingerprint density at radius 1 is 1.11 bits per heavy atom. The van der Waals surface area contributed by atoms with E-state index in [0.717, 1.165) is 13.0 Å². The maximum Gasteiger partial charge on any atom is 0.255 e. The molecule has 0 aliphatic carbocycles. The number of nitrogens with zero attached hydrogens (tertiary/aromatic N) is 1. The van der Waals surface area contributed by atoms with Crippen LogP contribution >= 0.6 is 0 Å². The summed E-state index contributed by atoms with van der Waals surface area (Å²) >= 11 is 0. The van der Waals surface area contributed by atoms with Crippen molar-refractivity contribution in [2.45, 2.75) is 11.3 Å². The van der Waals surface area contributed by atoms with Gasteiger partial charge in [-0.1, -0.05) is 18.2 Å². The quantitative estimate of drug-likeness (QED) is 0.590. The molecule has 28 heavy (non-hydrogen) atoms. The Labute approximate surface area is 166 Å². The van der Waals surface area contributed by atoms with Gasteiger partial charge in [-0.15, -0.1) is 0 Å². The second kappa shape index (κ2) is 10.3. The molecule has 0 aromatic heterocycles. The molecule has 2 aromatic rings. The number of anilines is 1. The first-order valence-corrected chi connectivity index (χ1v) is 10.4. The Morgan fingerprint density at radius 2 is 1.82 bits per heavy atom. The van der Waals surface area contributed by atoms with Crippen LogP contribution in [0.25, 0.3) is 0 Å². The number of sulfonamides is 1. The predicted octanol–water partition coefficient (Wildman–Crippen LogP) is 1.97. The van der Waals surface area contributed by atoms with Crippen molar-refractivity contribution in [1.82, 2.24) is 9.62 Å². The van der Waals surface area contributed by atoms with Crippen LogP contribution in [0.2, 0.25) is 0 Å². The molecule has 8 heteroatoms. The van der Waals surface area contributed by atoms with E-state index in [1.807, 2.05) is 38.4 Å². The maximum atomic E-state index is 12.5. The van der Waals surface area contributed by atoms with Gasteiger partial charge in [0.05, 0.1) is 11.5 Å². The van der Waals surface area contributed by atoms with E-state index in [1.54, 1.807) is 12.1 Å². The molecule has 0 saturated heterocycles. The number of ether oxygens (including phenoxy) is 1. The van der Waals surface area contributed by atoms with Crippen molar-refractivity contribution < 1.29 is 17.9 Å². The number of amides is 1. The van der Waals surface area contributed by atoms with Gasteiger partial charge in [0, 0.05) is 31.5 Å². The van der Waals surface area contributed by atoms with Crippen LogP contribution in [0.3, 0.4) is 0 Å². The van der Waals surface area contributed by atoms with Crippen molar-refractivity contribution in [1.29, 1.82) is 0 Å². The number of rotatable bonds is 10. The Kier molecular flexibility index (Phi) is 8.13. The number of likely N-dealkylation sites (N-methyl/N-ethyl adjacent to an activating group) is 1. The zero-order chi connectivity index (χ0) is 20.6. The highest BCUT2D eigenvalue weighted by Gasteiger charge is 2.16. The number of hydrogen-bond donors (Lipinski definition) is 2. The van der Waals surface area contributed by atoms with Crippen LogP contribution in [-0.4, -0.2) is 60.1 Å². The molecule has 0 aliphatic rings. The van der Waals surface area contributed by atoms with Gasteiger partial charge >= 0.3 is 0 Å². The van der Waals surface area contributed by atoms with Gasteiger partial charge in [0.1, 0.15) is 0 Å². The van der Waals surface area contributed by atoms with Crippen molar-refractivity contribution >= 4 is 21.6 Å². The summed E-state index contributed by atoms with van der Waals surface area (Å²) in [5, 5.41) is 2.80. The third kappa shape index (κ3) is 6.72. The minimum Gasteiger partial charge on any atom is -0.383 e. The van der Waals surface area contributed by atoms with Crippen molar-refractivity contribution in [3.8, 4) is 0 Å².